The molecule has 0 heterocycles. The summed E-state index contributed by atoms with van der Waals surface area (Å²) < 4.78 is 0. The van der Waals surface area contributed by atoms with Crippen LogP contribution in [0.1, 0.15) is 37.8 Å². The molecule has 1 nitrogen and oxygen atoms in total. The van der Waals surface area contributed by atoms with E-state index in [4.69, 9.17) is 0 Å². The molecule has 1 aliphatic carbocycles. The van der Waals surface area contributed by atoms with Crippen LogP contribution < -0.4 is 0 Å². The minimum atomic E-state index is 0.889. The Labute approximate surface area is 100 Å². The van der Waals surface area contributed by atoms with Gasteiger partial charge in [0.25, 0.3) is 0 Å². The van der Waals surface area contributed by atoms with Crippen LogP contribution in [0.4, 0.5) is 0 Å². The molecule has 1 saturated carbocycles. The molecule has 1 heteroatoms. The highest BCUT2D eigenvalue weighted by atomic mass is 15.1. The van der Waals surface area contributed by atoms with Crippen molar-refractivity contribution < 1.29 is 0 Å². The maximum Gasteiger partial charge on any atom is 0.00935 e. The minimum absolute atomic E-state index is 0.889. The largest absolute Gasteiger partial charge is 0.303 e. The van der Waals surface area contributed by atoms with Gasteiger partial charge in [-0.2, -0.15) is 0 Å². The predicted molar refractivity (Wildman–Crippen MR) is 71.9 cm³/mol. The summed E-state index contributed by atoms with van der Waals surface area (Å²) in [5, 5.41) is 0. The average Bonchev–Trinajstić information content (AvgIpc) is 3.14. The summed E-state index contributed by atoms with van der Waals surface area (Å²) in [4.78, 5) is 2.49. The van der Waals surface area contributed by atoms with E-state index in [1.807, 2.05) is 13.8 Å². The molecule has 0 amide bonds. The summed E-state index contributed by atoms with van der Waals surface area (Å²) in [6.45, 7) is 7.34. The highest BCUT2D eigenvalue weighted by Crippen LogP contribution is 2.25. The van der Waals surface area contributed by atoms with Crippen molar-refractivity contribution in [1.29, 1.82) is 0 Å². The third kappa shape index (κ3) is 4.36. The first kappa shape index (κ1) is 13.2. The first-order valence-corrected chi connectivity index (χ1v) is 6.51. The second-order valence-corrected chi connectivity index (χ2v) is 4.45. The van der Waals surface area contributed by atoms with E-state index >= 15 is 0 Å². The number of hydrogen-bond donors (Lipinski definition) is 0. The molecule has 0 saturated heterocycles. The van der Waals surface area contributed by atoms with Crippen molar-refractivity contribution in [2.24, 2.45) is 0 Å². The number of aryl methyl sites for hydroxylation is 1. The second kappa shape index (κ2) is 6.70. The van der Waals surface area contributed by atoms with E-state index in [1.54, 1.807) is 0 Å². The smallest absolute Gasteiger partial charge is 0.00935 e. The quantitative estimate of drug-likeness (QED) is 0.747. The topological polar surface area (TPSA) is 3.24 Å². The molecule has 2 rings (SSSR count). The molecule has 1 aliphatic rings. The van der Waals surface area contributed by atoms with E-state index in [0.29, 0.717) is 0 Å². The van der Waals surface area contributed by atoms with Crippen LogP contribution in [-0.2, 0) is 6.42 Å². The summed E-state index contributed by atoms with van der Waals surface area (Å²) in [5.41, 5.74) is 2.81. The molecule has 0 aliphatic heterocycles. The SMILES string of the molecule is CC.Cc1ccc(CCN(C)C2CC2)cc1. The number of rotatable bonds is 4. The van der Waals surface area contributed by atoms with Crippen molar-refractivity contribution >= 4 is 0 Å². The normalized spacial score (nSPS) is 14.6. The second-order valence-electron chi connectivity index (χ2n) is 4.45. The molecular formula is C15H25N. The Hall–Kier alpha value is -0.820. The van der Waals surface area contributed by atoms with Crippen molar-refractivity contribution in [2.75, 3.05) is 13.6 Å². The van der Waals surface area contributed by atoms with Gasteiger partial charge in [-0.1, -0.05) is 43.7 Å². The van der Waals surface area contributed by atoms with Crippen molar-refractivity contribution in [3.63, 3.8) is 0 Å². The summed E-state index contributed by atoms with van der Waals surface area (Å²) in [7, 11) is 2.24. The summed E-state index contributed by atoms with van der Waals surface area (Å²) >= 11 is 0. The zero-order valence-electron chi connectivity index (χ0n) is 11.2. The van der Waals surface area contributed by atoms with Crippen molar-refractivity contribution in [2.45, 2.75) is 46.1 Å². The first-order chi connectivity index (χ1) is 7.75. The fraction of sp³-hybridized carbons (Fsp3) is 0.600. The lowest BCUT2D eigenvalue weighted by Crippen LogP contribution is -2.23. The molecule has 0 N–H and O–H groups in total. The lowest BCUT2D eigenvalue weighted by Gasteiger charge is -2.15. The Morgan fingerprint density at radius 2 is 1.69 bits per heavy atom. The van der Waals surface area contributed by atoms with Gasteiger partial charge in [-0.05, 0) is 38.8 Å². The zero-order valence-corrected chi connectivity index (χ0v) is 11.2. The first-order valence-electron chi connectivity index (χ1n) is 6.51. The minimum Gasteiger partial charge on any atom is -0.303 e. The molecule has 1 fully saturated rings. The standard InChI is InChI=1S/C13H19N.C2H6/c1-11-3-5-12(6-4-11)9-10-14(2)13-7-8-13;1-2/h3-6,13H,7-10H2,1-2H3;1-2H3. The highest BCUT2D eigenvalue weighted by Gasteiger charge is 2.25. The van der Waals surface area contributed by atoms with Gasteiger partial charge < -0.3 is 4.90 Å². The van der Waals surface area contributed by atoms with Crippen LogP contribution in [0.2, 0.25) is 0 Å². The molecule has 0 atom stereocenters. The fourth-order valence-corrected chi connectivity index (χ4v) is 1.76. The van der Waals surface area contributed by atoms with E-state index in [1.165, 1.54) is 36.9 Å². The Morgan fingerprint density at radius 3 is 2.19 bits per heavy atom. The van der Waals surface area contributed by atoms with Crippen LogP contribution >= 0.6 is 0 Å². The Morgan fingerprint density at radius 1 is 1.12 bits per heavy atom. The van der Waals surface area contributed by atoms with Crippen LogP contribution in [0.15, 0.2) is 24.3 Å². The summed E-state index contributed by atoms with van der Waals surface area (Å²) in [5.74, 6) is 0. The van der Waals surface area contributed by atoms with Gasteiger partial charge in [-0.15, -0.1) is 0 Å². The highest BCUT2D eigenvalue weighted by molar-refractivity contribution is 5.21. The van der Waals surface area contributed by atoms with Gasteiger partial charge in [-0.3, -0.25) is 0 Å². The third-order valence-corrected chi connectivity index (χ3v) is 3.04. The molecule has 1 aromatic carbocycles. The van der Waals surface area contributed by atoms with Gasteiger partial charge in [0.1, 0.15) is 0 Å². The molecular weight excluding hydrogens is 194 g/mol. The van der Waals surface area contributed by atoms with Crippen LogP contribution in [0.25, 0.3) is 0 Å². The Balaban J connectivity index is 0.000000606. The van der Waals surface area contributed by atoms with E-state index in [-0.39, 0.29) is 0 Å². The molecule has 0 spiro atoms. The molecule has 1 aromatic rings. The molecule has 0 unspecified atom stereocenters. The van der Waals surface area contributed by atoms with Crippen LogP contribution in [-0.4, -0.2) is 24.5 Å². The van der Waals surface area contributed by atoms with Crippen molar-refractivity contribution in [3.8, 4) is 0 Å². The van der Waals surface area contributed by atoms with Crippen molar-refractivity contribution in [3.05, 3.63) is 35.4 Å². The van der Waals surface area contributed by atoms with Gasteiger partial charge in [0.2, 0.25) is 0 Å². The number of likely N-dealkylation sites (N-methyl/N-ethyl adjacent to an activating group) is 1. The maximum absolute atomic E-state index is 2.49. The van der Waals surface area contributed by atoms with Crippen molar-refractivity contribution in [1.82, 2.24) is 4.90 Å². The van der Waals surface area contributed by atoms with Gasteiger partial charge in [0.05, 0.1) is 0 Å². The maximum atomic E-state index is 2.49. The number of hydrogen-bond acceptors (Lipinski definition) is 1. The summed E-state index contributed by atoms with van der Waals surface area (Å²) in [6.07, 6.45) is 4.00. The Bertz CT molecular complexity index is 285. The average molecular weight is 219 g/mol. The monoisotopic (exact) mass is 219 g/mol. The van der Waals surface area contributed by atoms with E-state index in [9.17, 15) is 0 Å². The molecule has 0 bridgehead atoms. The van der Waals surface area contributed by atoms with Crippen LogP contribution in [0, 0.1) is 6.92 Å². The van der Waals surface area contributed by atoms with Gasteiger partial charge in [0.15, 0.2) is 0 Å². The fourth-order valence-electron chi connectivity index (χ4n) is 1.76. The zero-order chi connectivity index (χ0) is 12.0. The van der Waals surface area contributed by atoms with E-state index in [0.717, 1.165) is 6.04 Å². The van der Waals surface area contributed by atoms with E-state index < -0.39 is 0 Å². The molecule has 0 radical (unpaired) electrons. The van der Waals surface area contributed by atoms with Gasteiger partial charge in [0, 0.05) is 12.6 Å². The van der Waals surface area contributed by atoms with Gasteiger partial charge >= 0.3 is 0 Å². The molecule has 0 aromatic heterocycles. The van der Waals surface area contributed by atoms with Gasteiger partial charge in [-0.25, -0.2) is 0 Å². The van der Waals surface area contributed by atoms with Crippen LogP contribution in [0.3, 0.4) is 0 Å². The lowest BCUT2D eigenvalue weighted by molar-refractivity contribution is 0.328. The number of nitrogens with zero attached hydrogens (tertiary/aromatic N) is 1. The third-order valence-electron chi connectivity index (χ3n) is 3.04. The predicted octanol–water partition coefficient (Wildman–Crippen LogP) is 3.66. The Kier molecular flexibility index (Phi) is 5.54. The van der Waals surface area contributed by atoms with Crippen LogP contribution in [0.5, 0.6) is 0 Å². The summed E-state index contributed by atoms with van der Waals surface area (Å²) in [6, 6.07) is 9.78. The molecule has 90 valence electrons. The molecule has 16 heavy (non-hydrogen) atoms. The lowest BCUT2D eigenvalue weighted by atomic mass is 10.1. The number of benzene rings is 1. The van der Waals surface area contributed by atoms with E-state index in [2.05, 4.69) is 43.1 Å².